The number of anilines is 1. The summed E-state index contributed by atoms with van der Waals surface area (Å²) >= 11 is 1.49. The van der Waals surface area contributed by atoms with Crippen LogP contribution < -0.4 is 5.73 Å². The fraction of sp³-hybridized carbons (Fsp3) is 0.429. The van der Waals surface area contributed by atoms with Crippen molar-refractivity contribution in [3.63, 3.8) is 0 Å². The van der Waals surface area contributed by atoms with Gasteiger partial charge < -0.3 is 15.2 Å². The van der Waals surface area contributed by atoms with E-state index in [2.05, 4.69) is 5.16 Å². The minimum atomic E-state index is 0.134. The van der Waals surface area contributed by atoms with Gasteiger partial charge in [-0.2, -0.15) is 0 Å². The van der Waals surface area contributed by atoms with Gasteiger partial charge in [-0.05, 0) is 31.2 Å². The number of rotatable bonds is 2. The second-order valence-corrected chi connectivity index (χ2v) is 6.05. The molecule has 3 heterocycles. The zero-order valence-electron chi connectivity index (χ0n) is 11.3. The molecule has 1 amide bonds. The fourth-order valence-corrected chi connectivity index (χ4v) is 3.35. The van der Waals surface area contributed by atoms with Crippen molar-refractivity contribution in [2.75, 3.05) is 18.8 Å². The number of nitrogen functional groups attached to an aromatic ring is 1. The molecule has 1 aliphatic heterocycles. The van der Waals surface area contributed by atoms with E-state index in [0.29, 0.717) is 11.8 Å². The number of hydrogen-bond donors (Lipinski definition) is 1. The fourth-order valence-electron chi connectivity index (χ4n) is 2.65. The highest BCUT2D eigenvalue weighted by atomic mass is 32.1. The molecule has 1 fully saturated rings. The van der Waals surface area contributed by atoms with Crippen LogP contribution in [0.3, 0.4) is 0 Å². The Kier molecular flexibility index (Phi) is 3.48. The van der Waals surface area contributed by atoms with Crippen LogP contribution in [0, 0.1) is 6.92 Å². The van der Waals surface area contributed by atoms with Gasteiger partial charge in [0, 0.05) is 24.6 Å². The molecule has 0 unspecified atom stereocenters. The molecule has 2 aromatic rings. The van der Waals surface area contributed by atoms with Crippen LogP contribution in [0.5, 0.6) is 0 Å². The van der Waals surface area contributed by atoms with Gasteiger partial charge in [-0.3, -0.25) is 4.79 Å². The molecule has 20 heavy (non-hydrogen) atoms. The number of amides is 1. The lowest BCUT2D eigenvalue weighted by Gasteiger charge is -2.31. The van der Waals surface area contributed by atoms with E-state index in [9.17, 15) is 4.79 Å². The largest absolute Gasteiger partial charge is 0.367 e. The normalized spacial score (nSPS) is 16.6. The molecule has 3 rings (SSSR count). The van der Waals surface area contributed by atoms with Crippen LogP contribution in [0.2, 0.25) is 0 Å². The molecule has 106 valence electrons. The Labute approximate surface area is 121 Å². The molecule has 5 nitrogen and oxygen atoms in total. The van der Waals surface area contributed by atoms with Crippen LogP contribution in [0.1, 0.15) is 39.7 Å². The third kappa shape index (κ3) is 2.31. The highest BCUT2D eigenvalue weighted by Gasteiger charge is 2.28. The smallest absolute Gasteiger partial charge is 0.263 e. The lowest BCUT2D eigenvalue weighted by Crippen LogP contribution is -2.37. The van der Waals surface area contributed by atoms with E-state index < -0.39 is 0 Å². The highest BCUT2D eigenvalue weighted by molar-refractivity contribution is 7.12. The van der Waals surface area contributed by atoms with E-state index >= 15 is 0 Å². The first-order chi connectivity index (χ1) is 9.66. The van der Waals surface area contributed by atoms with E-state index in [4.69, 9.17) is 10.3 Å². The standard InChI is InChI=1S/C14H17N3O2S/c1-9-12(16-19-13(9)15)10-4-6-17(7-5-10)14(18)11-3-2-8-20-11/h2-3,8,10H,4-7,15H2,1H3. The molecule has 2 N–H and O–H groups in total. The predicted molar refractivity (Wildman–Crippen MR) is 77.8 cm³/mol. The molecular weight excluding hydrogens is 274 g/mol. The number of thiophene rings is 1. The van der Waals surface area contributed by atoms with Gasteiger partial charge in [-0.15, -0.1) is 11.3 Å². The number of aromatic nitrogens is 1. The Hall–Kier alpha value is -1.82. The van der Waals surface area contributed by atoms with Crippen LogP contribution in [0.4, 0.5) is 5.88 Å². The third-order valence-corrected chi connectivity index (χ3v) is 4.75. The molecule has 0 saturated carbocycles. The summed E-state index contributed by atoms with van der Waals surface area (Å²) in [5.74, 6) is 0.871. The summed E-state index contributed by atoms with van der Waals surface area (Å²) in [4.78, 5) is 15.0. The number of carbonyl (C=O) groups is 1. The molecule has 0 atom stereocenters. The van der Waals surface area contributed by atoms with Crippen molar-refractivity contribution in [3.05, 3.63) is 33.6 Å². The van der Waals surface area contributed by atoms with Crippen LogP contribution in [0.25, 0.3) is 0 Å². The summed E-state index contributed by atoms with van der Waals surface area (Å²) in [6.45, 7) is 3.45. The maximum absolute atomic E-state index is 12.3. The summed E-state index contributed by atoms with van der Waals surface area (Å²) in [5, 5.41) is 5.99. The van der Waals surface area contributed by atoms with Crippen LogP contribution in [-0.4, -0.2) is 29.1 Å². The summed E-state index contributed by atoms with van der Waals surface area (Å²) in [5.41, 5.74) is 7.58. The van der Waals surface area contributed by atoms with Crippen molar-refractivity contribution >= 4 is 23.1 Å². The van der Waals surface area contributed by atoms with Gasteiger partial charge in [0.1, 0.15) is 0 Å². The average molecular weight is 291 g/mol. The minimum Gasteiger partial charge on any atom is -0.367 e. The molecule has 1 aliphatic rings. The lowest BCUT2D eigenvalue weighted by molar-refractivity contribution is 0.0716. The first-order valence-corrected chi connectivity index (χ1v) is 7.59. The number of piperidine rings is 1. The SMILES string of the molecule is Cc1c(C2CCN(C(=O)c3cccs3)CC2)noc1N. The second kappa shape index (κ2) is 5.28. The molecule has 0 spiro atoms. The Morgan fingerprint density at radius 2 is 2.25 bits per heavy atom. The van der Waals surface area contributed by atoms with Crippen molar-refractivity contribution < 1.29 is 9.32 Å². The maximum Gasteiger partial charge on any atom is 0.263 e. The van der Waals surface area contributed by atoms with Crippen molar-refractivity contribution in [1.82, 2.24) is 10.1 Å². The molecule has 1 saturated heterocycles. The van der Waals surface area contributed by atoms with Gasteiger partial charge in [0.25, 0.3) is 5.91 Å². The molecule has 2 aromatic heterocycles. The summed E-state index contributed by atoms with van der Waals surface area (Å²) < 4.78 is 5.03. The summed E-state index contributed by atoms with van der Waals surface area (Å²) in [7, 11) is 0. The quantitative estimate of drug-likeness (QED) is 0.923. The highest BCUT2D eigenvalue weighted by Crippen LogP contribution is 2.32. The Morgan fingerprint density at radius 1 is 1.50 bits per heavy atom. The number of carbonyl (C=O) groups excluding carboxylic acids is 1. The maximum atomic E-state index is 12.3. The molecule has 0 bridgehead atoms. The Balaban J connectivity index is 1.65. The van der Waals surface area contributed by atoms with Gasteiger partial charge in [0.15, 0.2) is 0 Å². The van der Waals surface area contributed by atoms with E-state index in [1.54, 1.807) is 0 Å². The van der Waals surface area contributed by atoms with E-state index in [0.717, 1.165) is 42.1 Å². The number of nitrogens with zero attached hydrogens (tertiary/aromatic N) is 2. The van der Waals surface area contributed by atoms with Crippen LogP contribution >= 0.6 is 11.3 Å². The molecule has 0 aliphatic carbocycles. The van der Waals surface area contributed by atoms with Crippen molar-refractivity contribution in [3.8, 4) is 0 Å². The molecule has 0 radical (unpaired) electrons. The zero-order valence-corrected chi connectivity index (χ0v) is 12.2. The average Bonchev–Trinajstić information content (AvgIpc) is 3.10. The Bertz CT molecular complexity index is 598. The minimum absolute atomic E-state index is 0.134. The number of nitrogens with two attached hydrogens (primary N) is 1. The van der Waals surface area contributed by atoms with E-state index in [1.807, 2.05) is 29.3 Å². The van der Waals surface area contributed by atoms with E-state index in [1.165, 1.54) is 11.3 Å². The van der Waals surface area contributed by atoms with Gasteiger partial charge in [-0.25, -0.2) is 0 Å². The predicted octanol–water partition coefficient (Wildman–Crippen LogP) is 2.65. The van der Waals surface area contributed by atoms with Crippen molar-refractivity contribution in [2.45, 2.75) is 25.7 Å². The van der Waals surface area contributed by atoms with Gasteiger partial charge in [0.05, 0.1) is 10.6 Å². The van der Waals surface area contributed by atoms with E-state index in [-0.39, 0.29) is 5.91 Å². The van der Waals surface area contributed by atoms with Crippen LogP contribution in [0.15, 0.2) is 22.0 Å². The summed E-state index contributed by atoms with van der Waals surface area (Å²) in [6, 6.07) is 3.79. The first-order valence-electron chi connectivity index (χ1n) is 6.71. The third-order valence-electron chi connectivity index (χ3n) is 3.90. The topological polar surface area (TPSA) is 72.4 Å². The van der Waals surface area contributed by atoms with Gasteiger partial charge in [-0.1, -0.05) is 11.2 Å². The molecule has 6 heteroatoms. The summed E-state index contributed by atoms with van der Waals surface area (Å²) in [6.07, 6.45) is 1.81. The number of likely N-dealkylation sites (tertiary alicyclic amines) is 1. The monoisotopic (exact) mass is 291 g/mol. The van der Waals surface area contributed by atoms with Gasteiger partial charge >= 0.3 is 0 Å². The Morgan fingerprint density at radius 3 is 2.80 bits per heavy atom. The molecular formula is C14H17N3O2S. The first kappa shape index (κ1) is 13.2. The van der Waals surface area contributed by atoms with Crippen molar-refractivity contribution in [1.29, 1.82) is 0 Å². The second-order valence-electron chi connectivity index (χ2n) is 5.10. The molecule has 0 aromatic carbocycles. The van der Waals surface area contributed by atoms with Crippen LogP contribution in [-0.2, 0) is 0 Å². The van der Waals surface area contributed by atoms with Crippen molar-refractivity contribution in [2.24, 2.45) is 0 Å². The number of hydrogen-bond acceptors (Lipinski definition) is 5. The zero-order chi connectivity index (χ0) is 14.1. The lowest BCUT2D eigenvalue weighted by atomic mass is 9.91. The van der Waals surface area contributed by atoms with Gasteiger partial charge in [0.2, 0.25) is 5.88 Å².